The summed E-state index contributed by atoms with van der Waals surface area (Å²) in [5, 5.41) is 7.43. The van der Waals surface area contributed by atoms with Gasteiger partial charge in [-0.15, -0.1) is 13.2 Å². The van der Waals surface area contributed by atoms with Gasteiger partial charge in [-0.3, -0.25) is 0 Å². The van der Waals surface area contributed by atoms with E-state index in [4.69, 9.17) is 0 Å². The number of nitrogens with one attached hydrogen (secondary N) is 1. The molecule has 0 amide bonds. The topological polar surface area (TPSA) is 21.3 Å². The van der Waals surface area contributed by atoms with Crippen molar-refractivity contribution in [3.8, 4) is 5.75 Å². The molecule has 1 aromatic carbocycles. The summed E-state index contributed by atoms with van der Waals surface area (Å²) in [5.74, 6) is -0.199. The summed E-state index contributed by atoms with van der Waals surface area (Å²) >= 11 is 1.66. The Morgan fingerprint density at radius 3 is 2.35 bits per heavy atom. The highest BCUT2D eigenvalue weighted by atomic mass is 32.1. The summed E-state index contributed by atoms with van der Waals surface area (Å²) in [6.45, 7) is 3.40. The molecule has 0 aliphatic heterocycles. The first kappa shape index (κ1) is 14.9. The Hall–Kier alpha value is -1.53. The third kappa shape index (κ3) is 4.54. The van der Waals surface area contributed by atoms with Gasteiger partial charge in [0.2, 0.25) is 0 Å². The van der Waals surface area contributed by atoms with Crippen molar-refractivity contribution in [3.05, 3.63) is 51.7 Å². The lowest BCUT2D eigenvalue weighted by atomic mass is 10.2. The minimum absolute atomic E-state index is 0.199. The van der Waals surface area contributed by atoms with E-state index in [-0.39, 0.29) is 5.75 Å². The van der Waals surface area contributed by atoms with Crippen molar-refractivity contribution in [1.82, 2.24) is 5.32 Å². The first-order chi connectivity index (χ1) is 9.44. The van der Waals surface area contributed by atoms with Crippen molar-refractivity contribution in [2.45, 2.75) is 26.4 Å². The van der Waals surface area contributed by atoms with Crippen LogP contribution >= 0.6 is 11.3 Å². The van der Waals surface area contributed by atoms with Gasteiger partial charge < -0.3 is 10.1 Å². The molecule has 108 valence electrons. The smallest absolute Gasteiger partial charge is 0.406 e. The molecule has 0 aliphatic rings. The summed E-state index contributed by atoms with van der Waals surface area (Å²) in [6.07, 6.45) is -4.64. The average molecular weight is 301 g/mol. The molecule has 0 spiro atoms. The van der Waals surface area contributed by atoms with Crippen LogP contribution < -0.4 is 10.1 Å². The summed E-state index contributed by atoms with van der Waals surface area (Å²) in [6, 6.07) is 5.88. The Labute approximate surface area is 119 Å². The van der Waals surface area contributed by atoms with Gasteiger partial charge in [0.15, 0.2) is 0 Å². The van der Waals surface area contributed by atoms with Gasteiger partial charge in [0.05, 0.1) is 0 Å². The van der Waals surface area contributed by atoms with Gasteiger partial charge in [-0.25, -0.2) is 0 Å². The van der Waals surface area contributed by atoms with Crippen molar-refractivity contribution in [2.75, 3.05) is 0 Å². The minimum Gasteiger partial charge on any atom is -0.406 e. The molecule has 2 aromatic rings. The Morgan fingerprint density at radius 2 is 1.80 bits per heavy atom. The zero-order valence-corrected chi connectivity index (χ0v) is 11.6. The average Bonchev–Trinajstić information content (AvgIpc) is 2.76. The number of hydrogen-bond acceptors (Lipinski definition) is 3. The van der Waals surface area contributed by atoms with Gasteiger partial charge in [-0.2, -0.15) is 11.3 Å². The molecule has 20 heavy (non-hydrogen) atoms. The normalized spacial score (nSPS) is 11.6. The maximum absolute atomic E-state index is 12.0. The van der Waals surface area contributed by atoms with Gasteiger partial charge >= 0.3 is 6.36 Å². The van der Waals surface area contributed by atoms with Gasteiger partial charge in [0, 0.05) is 13.1 Å². The predicted molar refractivity (Wildman–Crippen MR) is 72.7 cm³/mol. The molecule has 0 bridgehead atoms. The fraction of sp³-hybridized carbons (Fsp3) is 0.286. The van der Waals surface area contributed by atoms with Crippen LogP contribution in [0.25, 0.3) is 0 Å². The molecule has 1 heterocycles. The van der Waals surface area contributed by atoms with Crippen LogP contribution in [0.15, 0.2) is 35.0 Å². The summed E-state index contributed by atoms with van der Waals surface area (Å²) in [4.78, 5) is 0. The number of hydrogen-bond donors (Lipinski definition) is 1. The third-order valence-corrected chi connectivity index (χ3v) is 3.67. The second kappa shape index (κ2) is 6.28. The first-order valence-corrected chi connectivity index (χ1v) is 6.95. The summed E-state index contributed by atoms with van der Waals surface area (Å²) in [5.41, 5.74) is 3.40. The van der Waals surface area contributed by atoms with E-state index >= 15 is 0 Å². The maximum Gasteiger partial charge on any atom is 0.573 e. The van der Waals surface area contributed by atoms with Crippen LogP contribution in [0.1, 0.15) is 16.7 Å². The van der Waals surface area contributed by atoms with E-state index in [2.05, 4.69) is 27.7 Å². The second-order valence-electron chi connectivity index (χ2n) is 4.38. The zero-order valence-electron chi connectivity index (χ0n) is 10.8. The molecular formula is C14H14F3NOS. The van der Waals surface area contributed by atoms with E-state index in [0.29, 0.717) is 6.54 Å². The monoisotopic (exact) mass is 301 g/mol. The summed E-state index contributed by atoms with van der Waals surface area (Å²) in [7, 11) is 0. The molecule has 6 heteroatoms. The number of halogens is 3. The van der Waals surface area contributed by atoms with Crippen molar-refractivity contribution in [1.29, 1.82) is 0 Å². The molecule has 1 N–H and O–H groups in total. The third-order valence-electron chi connectivity index (χ3n) is 2.76. The van der Waals surface area contributed by atoms with E-state index in [1.807, 2.05) is 0 Å². The van der Waals surface area contributed by atoms with Gasteiger partial charge in [-0.05, 0) is 46.5 Å². The van der Waals surface area contributed by atoms with Crippen LogP contribution in [0.4, 0.5) is 13.2 Å². The lowest BCUT2D eigenvalue weighted by molar-refractivity contribution is -0.274. The fourth-order valence-electron chi connectivity index (χ4n) is 1.72. The Bertz CT molecular complexity index is 548. The highest BCUT2D eigenvalue weighted by molar-refractivity contribution is 7.08. The number of alkyl halides is 3. The molecule has 0 atom stereocenters. The minimum atomic E-state index is -4.64. The predicted octanol–water partition coefficient (Wildman–Crippen LogP) is 4.24. The Balaban J connectivity index is 1.83. The highest BCUT2D eigenvalue weighted by Gasteiger charge is 2.30. The molecule has 0 radical (unpaired) electrons. The largest absolute Gasteiger partial charge is 0.573 e. The maximum atomic E-state index is 12.0. The Morgan fingerprint density at radius 1 is 1.10 bits per heavy atom. The van der Waals surface area contributed by atoms with Gasteiger partial charge in [0.1, 0.15) is 5.75 Å². The van der Waals surface area contributed by atoms with Crippen LogP contribution in [0.5, 0.6) is 5.75 Å². The molecule has 2 rings (SSSR count). The van der Waals surface area contributed by atoms with Crippen molar-refractivity contribution in [3.63, 3.8) is 0 Å². The van der Waals surface area contributed by atoms with E-state index in [9.17, 15) is 13.2 Å². The van der Waals surface area contributed by atoms with Crippen molar-refractivity contribution in [2.24, 2.45) is 0 Å². The number of aryl methyl sites for hydroxylation is 1. The lowest BCUT2D eigenvalue weighted by Gasteiger charge is -2.09. The van der Waals surface area contributed by atoms with Crippen LogP contribution in [0.3, 0.4) is 0 Å². The molecule has 1 aromatic heterocycles. The summed E-state index contributed by atoms with van der Waals surface area (Å²) < 4.78 is 39.8. The van der Waals surface area contributed by atoms with Crippen molar-refractivity contribution >= 4 is 11.3 Å². The van der Waals surface area contributed by atoms with E-state index < -0.39 is 6.36 Å². The van der Waals surface area contributed by atoms with Crippen LogP contribution in [0, 0.1) is 6.92 Å². The SMILES string of the molecule is Cc1cscc1CNCc1ccc(OC(F)(F)F)cc1. The molecule has 0 fully saturated rings. The number of rotatable bonds is 5. The van der Waals surface area contributed by atoms with Gasteiger partial charge in [0.25, 0.3) is 0 Å². The molecule has 2 nitrogen and oxygen atoms in total. The lowest BCUT2D eigenvalue weighted by Crippen LogP contribution is -2.17. The van der Waals surface area contributed by atoms with E-state index in [1.54, 1.807) is 23.5 Å². The van der Waals surface area contributed by atoms with E-state index in [0.717, 1.165) is 12.1 Å². The Kier molecular flexibility index (Phi) is 4.67. The van der Waals surface area contributed by atoms with Crippen LogP contribution in [0.2, 0.25) is 0 Å². The molecule has 0 saturated heterocycles. The standard InChI is InChI=1S/C14H14F3NOS/c1-10-8-20-9-12(10)7-18-6-11-2-4-13(5-3-11)19-14(15,16)17/h2-5,8-9,18H,6-7H2,1H3. The number of benzene rings is 1. The molecule has 0 unspecified atom stereocenters. The van der Waals surface area contributed by atoms with Crippen LogP contribution in [-0.4, -0.2) is 6.36 Å². The van der Waals surface area contributed by atoms with Crippen molar-refractivity contribution < 1.29 is 17.9 Å². The van der Waals surface area contributed by atoms with Gasteiger partial charge in [-0.1, -0.05) is 12.1 Å². The molecule has 0 aliphatic carbocycles. The second-order valence-corrected chi connectivity index (χ2v) is 5.12. The fourth-order valence-corrected chi connectivity index (χ4v) is 2.58. The quantitative estimate of drug-likeness (QED) is 0.891. The number of ether oxygens (including phenoxy) is 1. The van der Waals surface area contributed by atoms with E-state index in [1.165, 1.54) is 23.3 Å². The highest BCUT2D eigenvalue weighted by Crippen LogP contribution is 2.22. The first-order valence-electron chi connectivity index (χ1n) is 6.01. The molecular weight excluding hydrogens is 287 g/mol. The van der Waals surface area contributed by atoms with Crippen LogP contribution in [-0.2, 0) is 13.1 Å². The molecule has 0 saturated carbocycles. The number of thiophene rings is 1. The zero-order chi connectivity index (χ0) is 14.6.